The molecule has 0 spiro atoms. The third-order valence-electron chi connectivity index (χ3n) is 0. The molecule has 0 fully saturated rings. The van der Waals surface area contributed by atoms with E-state index < -0.39 is 53.7 Å². The van der Waals surface area contributed by atoms with Gasteiger partial charge in [-0.25, -0.2) is 0 Å². The molecule has 41 heavy (non-hydrogen) atoms. The molecule has 0 atom stereocenters. The molecular formula is C18H41Na5O18. The third kappa shape index (κ3) is 1110000. The Hall–Kier alpha value is 0.230. The van der Waals surface area contributed by atoms with Crippen LogP contribution in [0.3, 0.4) is 0 Å². The molecular weight excluding hydrogens is 619 g/mol. The van der Waals surface area contributed by atoms with Crippen molar-refractivity contribution in [2.24, 2.45) is 0 Å². The van der Waals surface area contributed by atoms with Crippen molar-refractivity contribution in [1.29, 1.82) is 0 Å². The van der Waals surface area contributed by atoms with Crippen LogP contribution in [-0.2, 0) is 43.2 Å². The summed E-state index contributed by atoms with van der Waals surface area (Å²) in [6, 6.07) is 0. The van der Waals surface area contributed by atoms with Crippen molar-refractivity contribution >= 4 is 202 Å². The third-order valence-corrected chi connectivity index (χ3v) is 0. The van der Waals surface area contributed by atoms with Gasteiger partial charge in [-0.3, -0.25) is 43.2 Å². The second-order valence-corrected chi connectivity index (χ2v) is 4.67. The summed E-state index contributed by atoms with van der Waals surface area (Å²) in [4.78, 5) is 81.0. The maximum absolute atomic E-state index is 9.00. The predicted octanol–water partition coefficient (Wildman–Crippen LogP) is -2.42. The summed E-state index contributed by atoms with van der Waals surface area (Å²) in [5, 5.41) is 66.7. The molecule has 0 aromatic rings. The molecule has 0 radical (unpaired) electrons. The van der Waals surface area contributed by atoms with Crippen molar-refractivity contribution in [2.75, 3.05) is 0 Å². The van der Waals surface area contributed by atoms with Crippen LogP contribution in [-0.4, -0.2) is 247 Å². The Morgan fingerprint density at radius 3 is 0.220 bits per heavy atom. The van der Waals surface area contributed by atoms with Gasteiger partial charge in [0.25, 0.3) is 53.7 Å². The predicted molar refractivity (Wildman–Crippen MR) is 156 cm³/mol. The average molecular weight is 660 g/mol. The molecule has 0 aliphatic rings. The minimum atomic E-state index is -0.833. The van der Waals surface area contributed by atoms with E-state index in [1.54, 1.807) is 0 Å². The quantitative estimate of drug-likeness (QED) is 0.122. The van der Waals surface area contributed by atoms with Gasteiger partial charge in [0.05, 0.1) is 0 Å². The van der Waals surface area contributed by atoms with Crippen LogP contribution in [0.4, 0.5) is 0 Å². The van der Waals surface area contributed by atoms with Crippen molar-refractivity contribution in [1.82, 2.24) is 0 Å². The summed E-state index contributed by atoms with van der Waals surface area (Å²) < 4.78 is 0. The van der Waals surface area contributed by atoms with E-state index in [1.165, 1.54) is 0 Å². The van der Waals surface area contributed by atoms with E-state index in [0.717, 1.165) is 62.3 Å². The molecule has 0 aliphatic heterocycles. The zero-order valence-electron chi connectivity index (χ0n) is 21.2. The molecule has 0 bridgehead atoms. The number of carboxylic acids is 9. The van der Waals surface area contributed by atoms with Gasteiger partial charge in [0.15, 0.2) is 0 Å². The van der Waals surface area contributed by atoms with Crippen LogP contribution in [0.5, 0.6) is 0 Å². The minimum absolute atomic E-state index is 0. The summed E-state index contributed by atoms with van der Waals surface area (Å²) in [6.45, 7) is 9.75. The number of hydrogen-bond donors (Lipinski definition) is 9. The number of aliphatic carboxylic acids is 9. The molecule has 0 aliphatic carbocycles. The maximum atomic E-state index is 9.00. The number of carbonyl (C=O) groups is 9. The first-order chi connectivity index (χ1) is 15.6. The van der Waals surface area contributed by atoms with Crippen LogP contribution in [0.25, 0.3) is 0 Å². The van der Waals surface area contributed by atoms with E-state index in [2.05, 4.69) is 0 Å². The van der Waals surface area contributed by atoms with E-state index in [1.807, 2.05) is 0 Å². The fraction of sp³-hybridized carbons (Fsp3) is 0.500. The van der Waals surface area contributed by atoms with Crippen LogP contribution in [0.2, 0.25) is 0 Å². The molecule has 23 heteroatoms. The molecule has 0 amide bonds. The molecule has 18 nitrogen and oxygen atoms in total. The van der Waals surface area contributed by atoms with Gasteiger partial charge in [0.2, 0.25) is 0 Å². The van der Waals surface area contributed by atoms with E-state index in [0.29, 0.717) is 0 Å². The molecule has 0 saturated heterocycles. The Morgan fingerprint density at radius 2 is 0.220 bits per heavy atom. The second-order valence-electron chi connectivity index (χ2n) is 4.67. The van der Waals surface area contributed by atoms with Crippen LogP contribution in [0, 0.1) is 0 Å². The molecule has 0 unspecified atom stereocenters. The normalized spacial score (nSPS) is 5.49. The van der Waals surface area contributed by atoms with Crippen LogP contribution < -0.4 is 0 Å². The Balaban J connectivity index is -0.0000000164. The number of hydrogen-bond acceptors (Lipinski definition) is 9. The zero-order valence-corrected chi connectivity index (χ0v) is 21.2. The van der Waals surface area contributed by atoms with Gasteiger partial charge in [-0.2, -0.15) is 0 Å². The number of carboxylic acid groups (broad SMARTS) is 9. The van der Waals surface area contributed by atoms with E-state index in [9.17, 15) is 0 Å². The van der Waals surface area contributed by atoms with Crippen LogP contribution in [0.15, 0.2) is 0 Å². The fourth-order valence-corrected chi connectivity index (χ4v) is 0. The van der Waals surface area contributed by atoms with Gasteiger partial charge in [-0.15, -0.1) is 0 Å². The second kappa shape index (κ2) is 83.5. The summed E-state index contributed by atoms with van der Waals surface area (Å²) in [5.74, 6) is -7.50. The fourth-order valence-electron chi connectivity index (χ4n) is 0. The van der Waals surface area contributed by atoms with Gasteiger partial charge in [-0.1, -0.05) is 0 Å². The molecule has 0 rings (SSSR count). The zero-order chi connectivity index (χ0) is 32.2. The van der Waals surface area contributed by atoms with Crippen LogP contribution >= 0.6 is 0 Å². The Labute approximate surface area is 348 Å². The van der Waals surface area contributed by atoms with Gasteiger partial charge in [0.1, 0.15) is 0 Å². The first-order valence-electron chi connectivity index (χ1n) is 8.35. The summed E-state index contributed by atoms with van der Waals surface area (Å²) in [5.41, 5.74) is 0. The van der Waals surface area contributed by atoms with Crippen molar-refractivity contribution in [3.8, 4) is 0 Å². The van der Waals surface area contributed by atoms with Gasteiger partial charge in [0, 0.05) is 62.3 Å². The van der Waals surface area contributed by atoms with Crippen molar-refractivity contribution in [3.05, 3.63) is 0 Å². The monoisotopic (exact) mass is 660 g/mol. The number of rotatable bonds is 0. The summed E-state index contributed by atoms with van der Waals surface area (Å²) in [7, 11) is 0. The summed E-state index contributed by atoms with van der Waals surface area (Å²) in [6.07, 6.45) is 0. The Bertz CT molecular complexity index is 436. The van der Waals surface area contributed by atoms with Gasteiger partial charge >= 0.3 is 148 Å². The average Bonchev–Trinajstić information content (AvgIpc) is 2.39. The standard InChI is InChI=1S/9C2H4O2.5Na.5H/c9*1-2(3)4;;;;;;;;;;/h9*1H3,(H,3,4);;;;;;;;;;. The molecule has 0 aromatic carbocycles. The summed E-state index contributed by atoms with van der Waals surface area (Å²) >= 11 is 0. The molecule has 0 aromatic heterocycles. The molecule has 226 valence electrons. The van der Waals surface area contributed by atoms with E-state index in [4.69, 9.17) is 89.1 Å². The van der Waals surface area contributed by atoms with Crippen molar-refractivity contribution in [2.45, 2.75) is 62.3 Å². The topological polar surface area (TPSA) is 336 Å². The van der Waals surface area contributed by atoms with Crippen molar-refractivity contribution in [3.63, 3.8) is 0 Å². The molecule has 0 heterocycles. The first kappa shape index (κ1) is 90.0. The van der Waals surface area contributed by atoms with Crippen LogP contribution in [0.1, 0.15) is 62.3 Å². The first-order valence-corrected chi connectivity index (χ1v) is 8.35. The molecule has 0 saturated carbocycles. The van der Waals surface area contributed by atoms with Crippen molar-refractivity contribution < 1.29 is 89.1 Å². The molecule has 9 N–H and O–H groups in total. The SMILES string of the molecule is CC(=O)O.CC(=O)O.CC(=O)O.CC(=O)O.CC(=O)O.CC(=O)O.CC(=O)O.CC(=O)O.CC(=O)O.[NaH].[NaH].[NaH].[NaH].[NaH]. The van der Waals surface area contributed by atoms with E-state index >= 15 is 0 Å². The van der Waals surface area contributed by atoms with E-state index in [-0.39, 0.29) is 148 Å². The Morgan fingerprint density at radius 1 is 0.220 bits per heavy atom. The van der Waals surface area contributed by atoms with Gasteiger partial charge in [-0.05, 0) is 0 Å². The van der Waals surface area contributed by atoms with Gasteiger partial charge < -0.3 is 46.0 Å². The Kier molecular flexibility index (Phi) is 183.